The highest BCUT2D eigenvalue weighted by Crippen LogP contribution is 2.23. The van der Waals surface area contributed by atoms with Crippen LogP contribution in [0.1, 0.15) is 52.6 Å². The number of hydrogen-bond acceptors (Lipinski definition) is 5. The zero-order valence-corrected chi connectivity index (χ0v) is 16.6. The lowest BCUT2D eigenvalue weighted by Crippen LogP contribution is -2.42. The topological polar surface area (TPSA) is 84.5 Å². The van der Waals surface area contributed by atoms with Gasteiger partial charge in [-0.1, -0.05) is 31.9 Å². The van der Waals surface area contributed by atoms with Gasteiger partial charge in [0.1, 0.15) is 0 Å². The standard InChI is InChI=1S/C21H24N2O4S/c1-14-6-2-3-9-17(14)23-19(24)13-27-21(26)15-7-4-8-16(12-15)22-20(25)18-10-5-11-28-18/h4-5,7-8,10-12,14,17H,2-3,6,9,13H2,1H3,(H,22,25)(H,23,24)/t14-,17+/m0/s1. The molecule has 1 aromatic heterocycles. The second-order valence-corrected chi connectivity index (χ2v) is 7.97. The molecule has 1 saturated carbocycles. The molecule has 1 aromatic carbocycles. The summed E-state index contributed by atoms with van der Waals surface area (Å²) in [5, 5.41) is 7.53. The van der Waals surface area contributed by atoms with Crippen LogP contribution in [0.5, 0.6) is 0 Å². The molecule has 0 radical (unpaired) electrons. The van der Waals surface area contributed by atoms with Crippen LogP contribution in [0, 0.1) is 5.92 Å². The van der Waals surface area contributed by atoms with Crippen LogP contribution in [-0.4, -0.2) is 30.4 Å². The van der Waals surface area contributed by atoms with Crippen LogP contribution in [0.15, 0.2) is 41.8 Å². The molecule has 1 heterocycles. The first-order valence-corrected chi connectivity index (χ1v) is 10.3. The highest BCUT2D eigenvalue weighted by Gasteiger charge is 2.23. The summed E-state index contributed by atoms with van der Waals surface area (Å²) in [5.41, 5.74) is 0.774. The molecule has 7 heteroatoms. The lowest BCUT2D eigenvalue weighted by atomic mass is 9.86. The average molecular weight is 401 g/mol. The van der Waals surface area contributed by atoms with E-state index in [9.17, 15) is 14.4 Å². The van der Waals surface area contributed by atoms with Gasteiger partial charge in [0.15, 0.2) is 6.61 Å². The van der Waals surface area contributed by atoms with Gasteiger partial charge in [-0.05, 0) is 48.4 Å². The lowest BCUT2D eigenvalue weighted by Gasteiger charge is -2.29. The molecule has 2 N–H and O–H groups in total. The third-order valence-electron chi connectivity index (χ3n) is 4.89. The number of ether oxygens (including phenoxy) is 1. The number of hydrogen-bond donors (Lipinski definition) is 2. The van der Waals surface area contributed by atoms with E-state index in [1.54, 1.807) is 30.3 Å². The highest BCUT2D eigenvalue weighted by molar-refractivity contribution is 7.12. The molecule has 2 atom stereocenters. The zero-order valence-electron chi connectivity index (χ0n) is 15.8. The van der Waals surface area contributed by atoms with Crippen molar-refractivity contribution in [3.63, 3.8) is 0 Å². The number of anilines is 1. The minimum Gasteiger partial charge on any atom is -0.452 e. The van der Waals surface area contributed by atoms with Crippen LogP contribution < -0.4 is 10.6 Å². The minimum absolute atomic E-state index is 0.149. The van der Waals surface area contributed by atoms with Crippen LogP contribution in [-0.2, 0) is 9.53 Å². The van der Waals surface area contributed by atoms with E-state index in [1.165, 1.54) is 23.8 Å². The van der Waals surface area contributed by atoms with E-state index in [2.05, 4.69) is 17.6 Å². The molecular weight excluding hydrogens is 376 g/mol. The fraction of sp³-hybridized carbons (Fsp3) is 0.381. The Balaban J connectivity index is 1.51. The summed E-state index contributed by atoms with van der Waals surface area (Å²) in [6.45, 7) is 1.82. The van der Waals surface area contributed by atoms with Crippen LogP contribution in [0.25, 0.3) is 0 Å². The molecule has 0 bridgehead atoms. The van der Waals surface area contributed by atoms with Crippen LogP contribution in [0.2, 0.25) is 0 Å². The summed E-state index contributed by atoms with van der Waals surface area (Å²) in [6.07, 6.45) is 4.38. The first kappa shape index (κ1) is 20.1. The molecule has 6 nitrogen and oxygen atoms in total. The molecule has 1 aliphatic rings. The van der Waals surface area contributed by atoms with Crippen molar-refractivity contribution >= 4 is 34.8 Å². The number of esters is 1. The Morgan fingerprint density at radius 2 is 1.96 bits per heavy atom. The first-order chi connectivity index (χ1) is 13.5. The van der Waals surface area contributed by atoms with Crippen molar-refractivity contribution in [2.45, 2.75) is 38.6 Å². The van der Waals surface area contributed by atoms with E-state index in [4.69, 9.17) is 4.74 Å². The number of amides is 2. The number of thiophene rings is 1. The fourth-order valence-electron chi connectivity index (χ4n) is 3.32. The maximum Gasteiger partial charge on any atom is 0.338 e. The fourth-order valence-corrected chi connectivity index (χ4v) is 3.94. The summed E-state index contributed by atoms with van der Waals surface area (Å²) in [6, 6.07) is 10.1. The lowest BCUT2D eigenvalue weighted by molar-refractivity contribution is -0.125. The Morgan fingerprint density at radius 1 is 1.14 bits per heavy atom. The molecule has 28 heavy (non-hydrogen) atoms. The van der Waals surface area contributed by atoms with E-state index in [0.29, 0.717) is 16.5 Å². The molecule has 148 valence electrons. The smallest absolute Gasteiger partial charge is 0.338 e. The second kappa shape index (κ2) is 9.50. The number of benzene rings is 1. The van der Waals surface area contributed by atoms with E-state index >= 15 is 0 Å². The van der Waals surface area contributed by atoms with E-state index in [0.717, 1.165) is 19.3 Å². The molecule has 0 aliphatic heterocycles. The quantitative estimate of drug-likeness (QED) is 0.722. The molecule has 1 fully saturated rings. The number of carbonyl (C=O) groups excluding carboxylic acids is 3. The SMILES string of the molecule is C[C@H]1CCCC[C@H]1NC(=O)COC(=O)c1cccc(NC(=O)c2cccs2)c1. The summed E-state index contributed by atoms with van der Waals surface area (Å²) >= 11 is 1.34. The maximum absolute atomic E-state index is 12.3. The van der Waals surface area contributed by atoms with Crippen molar-refractivity contribution in [1.82, 2.24) is 5.32 Å². The van der Waals surface area contributed by atoms with Crippen molar-refractivity contribution in [3.8, 4) is 0 Å². The molecule has 1 aliphatic carbocycles. The Bertz CT molecular complexity index is 835. The largest absolute Gasteiger partial charge is 0.452 e. The van der Waals surface area contributed by atoms with Crippen molar-refractivity contribution < 1.29 is 19.1 Å². The Labute approximate surface area is 168 Å². The molecule has 0 saturated heterocycles. The van der Waals surface area contributed by atoms with Crippen molar-refractivity contribution in [2.24, 2.45) is 5.92 Å². The second-order valence-electron chi connectivity index (χ2n) is 7.02. The maximum atomic E-state index is 12.3. The van der Waals surface area contributed by atoms with Crippen LogP contribution >= 0.6 is 11.3 Å². The van der Waals surface area contributed by atoms with Crippen molar-refractivity contribution in [3.05, 3.63) is 52.2 Å². The summed E-state index contributed by atoms with van der Waals surface area (Å²) in [7, 11) is 0. The van der Waals surface area contributed by atoms with E-state index in [-0.39, 0.29) is 30.0 Å². The van der Waals surface area contributed by atoms with E-state index in [1.807, 2.05) is 5.38 Å². The van der Waals surface area contributed by atoms with Gasteiger partial charge in [0.25, 0.3) is 11.8 Å². The summed E-state index contributed by atoms with van der Waals surface area (Å²) < 4.78 is 5.14. The van der Waals surface area contributed by atoms with Gasteiger partial charge in [-0.25, -0.2) is 4.79 Å². The predicted molar refractivity (Wildman–Crippen MR) is 109 cm³/mol. The summed E-state index contributed by atoms with van der Waals surface area (Å²) in [5.74, 6) is -0.674. The van der Waals surface area contributed by atoms with Gasteiger partial charge in [-0.3, -0.25) is 9.59 Å². The molecule has 2 aromatic rings. The molecular formula is C21H24N2O4S. The number of nitrogens with one attached hydrogen (secondary N) is 2. The molecule has 0 spiro atoms. The normalized spacial score (nSPS) is 18.9. The van der Waals surface area contributed by atoms with Crippen molar-refractivity contribution in [1.29, 1.82) is 0 Å². The van der Waals surface area contributed by atoms with Gasteiger partial charge in [-0.15, -0.1) is 11.3 Å². The van der Waals surface area contributed by atoms with Crippen molar-refractivity contribution in [2.75, 3.05) is 11.9 Å². The summed E-state index contributed by atoms with van der Waals surface area (Å²) in [4.78, 5) is 37.1. The van der Waals surface area contributed by atoms with Gasteiger partial charge in [0.2, 0.25) is 0 Å². The van der Waals surface area contributed by atoms with Gasteiger partial charge < -0.3 is 15.4 Å². The third-order valence-corrected chi connectivity index (χ3v) is 5.76. The predicted octanol–water partition coefficient (Wildman–Crippen LogP) is 3.85. The minimum atomic E-state index is -0.598. The van der Waals surface area contributed by atoms with Gasteiger partial charge >= 0.3 is 5.97 Å². The Morgan fingerprint density at radius 3 is 2.71 bits per heavy atom. The zero-order chi connectivity index (χ0) is 19.9. The van der Waals surface area contributed by atoms with Crippen LogP contribution in [0.3, 0.4) is 0 Å². The highest BCUT2D eigenvalue weighted by atomic mass is 32.1. The van der Waals surface area contributed by atoms with Gasteiger partial charge in [0, 0.05) is 11.7 Å². The van der Waals surface area contributed by atoms with Gasteiger partial charge in [0.05, 0.1) is 10.4 Å². The monoisotopic (exact) mass is 400 g/mol. The Kier molecular flexibility index (Phi) is 6.81. The van der Waals surface area contributed by atoms with Gasteiger partial charge in [-0.2, -0.15) is 0 Å². The van der Waals surface area contributed by atoms with E-state index < -0.39 is 5.97 Å². The Hall–Kier alpha value is -2.67. The number of rotatable bonds is 6. The number of carbonyl (C=O) groups is 3. The molecule has 3 rings (SSSR count). The molecule has 0 unspecified atom stereocenters. The average Bonchev–Trinajstić information content (AvgIpc) is 3.23. The third kappa shape index (κ3) is 5.42. The first-order valence-electron chi connectivity index (χ1n) is 9.44. The van der Waals surface area contributed by atoms with Crippen LogP contribution in [0.4, 0.5) is 5.69 Å². The molecule has 2 amide bonds.